The average Bonchev–Trinajstić information content (AvgIpc) is 2.60. The van der Waals surface area contributed by atoms with E-state index in [9.17, 15) is 0 Å². The van der Waals surface area contributed by atoms with Gasteiger partial charge in [0.15, 0.2) is 8.32 Å². The van der Waals surface area contributed by atoms with Crippen LogP contribution < -0.4 is 0 Å². The Kier molecular flexibility index (Phi) is 3.73. The van der Waals surface area contributed by atoms with Crippen LogP contribution >= 0.6 is 0 Å². The van der Waals surface area contributed by atoms with Crippen molar-refractivity contribution in [3.05, 3.63) is 0 Å². The van der Waals surface area contributed by atoms with Crippen LogP contribution in [0.3, 0.4) is 0 Å². The van der Waals surface area contributed by atoms with E-state index in [4.69, 9.17) is 4.43 Å². The van der Waals surface area contributed by atoms with Gasteiger partial charge >= 0.3 is 0 Å². The smallest absolute Gasteiger partial charge is 0.192 e. The molecule has 1 aliphatic carbocycles. The summed E-state index contributed by atoms with van der Waals surface area (Å²) in [5, 5.41) is 0.348. The molecule has 1 aliphatic heterocycles. The van der Waals surface area contributed by atoms with Crippen molar-refractivity contribution in [3.8, 4) is 0 Å². The van der Waals surface area contributed by atoms with Crippen LogP contribution in [-0.4, -0.2) is 38.5 Å². The van der Waals surface area contributed by atoms with Gasteiger partial charge < -0.3 is 4.43 Å². The summed E-state index contributed by atoms with van der Waals surface area (Å²) in [5.41, 5.74) is 0. The van der Waals surface area contributed by atoms with Gasteiger partial charge in [0.25, 0.3) is 0 Å². The number of rotatable bonds is 3. The monoisotopic (exact) mass is 255 g/mol. The molecule has 2 aliphatic rings. The zero-order valence-corrected chi connectivity index (χ0v) is 13.3. The Morgan fingerprint density at radius 2 is 1.59 bits per heavy atom. The van der Waals surface area contributed by atoms with Crippen LogP contribution in [0.2, 0.25) is 18.1 Å². The van der Waals surface area contributed by atoms with Crippen molar-refractivity contribution in [1.82, 2.24) is 4.90 Å². The molecule has 0 N–H and O–H groups in total. The second kappa shape index (κ2) is 4.67. The molecule has 0 aromatic heterocycles. The van der Waals surface area contributed by atoms with Crippen molar-refractivity contribution in [3.63, 3.8) is 0 Å². The van der Waals surface area contributed by atoms with Gasteiger partial charge in [-0.05, 0) is 31.0 Å². The van der Waals surface area contributed by atoms with Crippen LogP contribution in [0.15, 0.2) is 0 Å². The quantitative estimate of drug-likeness (QED) is 0.714. The Hall–Kier alpha value is 0.137. The molecule has 17 heavy (non-hydrogen) atoms. The molecule has 3 heteroatoms. The molecular weight excluding hydrogens is 226 g/mol. The lowest BCUT2D eigenvalue weighted by molar-refractivity contribution is -0.0150. The van der Waals surface area contributed by atoms with Gasteiger partial charge in [0.05, 0.1) is 6.10 Å². The summed E-state index contributed by atoms with van der Waals surface area (Å²) < 4.78 is 6.43. The van der Waals surface area contributed by atoms with Crippen LogP contribution in [-0.2, 0) is 4.43 Å². The summed E-state index contributed by atoms with van der Waals surface area (Å²) in [5.74, 6) is 0. The molecule has 1 saturated heterocycles. The van der Waals surface area contributed by atoms with E-state index in [2.05, 4.69) is 38.8 Å². The van der Waals surface area contributed by atoms with Gasteiger partial charge in [-0.25, -0.2) is 0 Å². The number of hydrogen-bond acceptors (Lipinski definition) is 2. The minimum absolute atomic E-state index is 0.348. The van der Waals surface area contributed by atoms with E-state index < -0.39 is 8.32 Å². The predicted octanol–water partition coefficient (Wildman–Crippen LogP) is 3.64. The topological polar surface area (TPSA) is 12.5 Å². The minimum Gasteiger partial charge on any atom is -0.411 e. The molecule has 0 bridgehead atoms. The molecular formula is C14H29NOSi. The first-order chi connectivity index (χ1) is 7.79. The van der Waals surface area contributed by atoms with Crippen LogP contribution in [0.1, 0.15) is 46.5 Å². The van der Waals surface area contributed by atoms with Gasteiger partial charge in [-0.15, -0.1) is 0 Å². The van der Waals surface area contributed by atoms with Gasteiger partial charge in [0.2, 0.25) is 0 Å². The first-order valence-corrected chi connectivity index (χ1v) is 10.1. The third-order valence-electron chi connectivity index (χ3n) is 4.98. The fourth-order valence-electron chi connectivity index (χ4n) is 2.71. The minimum atomic E-state index is -1.53. The lowest BCUT2D eigenvalue weighted by atomic mass is 10.1. The van der Waals surface area contributed by atoms with Crippen molar-refractivity contribution in [2.24, 2.45) is 0 Å². The first kappa shape index (κ1) is 13.6. The lowest BCUT2D eigenvalue weighted by Gasteiger charge is -2.48. The molecule has 2 nitrogen and oxygen atoms in total. The molecule has 1 heterocycles. The molecule has 1 saturated carbocycles. The largest absolute Gasteiger partial charge is 0.411 e. The highest BCUT2D eigenvalue weighted by Crippen LogP contribution is 2.39. The number of nitrogens with zero attached hydrogens (tertiary/aromatic N) is 1. The third kappa shape index (κ3) is 2.94. The fourth-order valence-corrected chi connectivity index (χ4v) is 4.04. The standard InChI is InChI=1S/C14H29NOSi/c1-14(2,3)17(4,5)16-13-10-15(11-13)12-8-6-7-9-12/h12-13H,6-11H2,1-5H3. The van der Waals surface area contributed by atoms with E-state index in [0.29, 0.717) is 11.1 Å². The average molecular weight is 255 g/mol. The zero-order valence-electron chi connectivity index (χ0n) is 12.3. The summed E-state index contributed by atoms with van der Waals surface area (Å²) in [4.78, 5) is 2.64. The molecule has 2 fully saturated rings. The van der Waals surface area contributed by atoms with E-state index in [-0.39, 0.29) is 0 Å². The second-order valence-electron chi connectivity index (χ2n) is 7.39. The van der Waals surface area contributed by atoms with Crippen LogP contribution in [0, 0.1) is 0 Å². The van der Waals surface area contributed by atoms with Crippen LogP contribution in [0.5, 0.6) is 0 Å². The highest BCUT2D eigenvalue weighted by atomic mass is 28.4. The Balaban J connectivity index is 1.77. The van der Waals surface area contributed by atoms with E-state index in [0.717, 1.165) is 6.04 Å². The summed E-state index contributed by atoms with van der Waals surface area (Å²) in [7, 11) is -1.53. The van der Waals surface area contributed by atoms with Gasteiger partial charge in [-0.3, -0.25) is 4.90 Å². The fraction of sp³-hybridized carbons (Fsp3) is 1.00. The van der Waals surface area contributed by atoms with Crippen molar-refractivity contribution in [1.29, 1.82) is 0 Å². The molecule has 2 rings (SSSR count). The summed E-state index contributed by atoms with van der Waals surface area (Å²) >= 11 is 0. The first-order valence-electron chi connectivity index (χ1n) is 7.21. The van der Waals surface area contributed by atoms with Crippen molar-refractivity contribution >= 4 is 8.32 Å². The molecule has 0 aromatic carbocycles. The number of hydrogen-bond donors (Lipinski definition) is 0. The Bertz CT molecular complexity index is 260. The molecule has 0 amide bonds. The van der Waals surface area contributed by atoms with Gasteiger partial charge in [0, 0.05) is 19.1 Å². The summed E-state index contributed by atoms with van der Waals surface area (Å²) in [6.07, 6.45) is 6.25. The lowest BCUT2D eigenvalue weighted by Crippen LogP contribution is -2.59. The Morgan fingerprint density at radius 3 is 2.06 bits per heavy atom. The second-order valence-corrected chi connectivity index (χ2v) is 12.1. The van der Waals surface area contributed by atoms with E-state index in [1.807, 2.05) is 0 Å². The van der Waals surface area contributed by atoms with Crippen LogP contribution in [0.25, 0.3) is 0 Å². The number of likely N-dealkylation sites (tertiary alicyclic amines) is 1. The maximum absolute atomic E-state index is 6.43. The maximum Gasteiger partial charge on any atom is 0.192 e. The van der Waals surface area contributed by atoms with Gasteiger partial charge in [0.1, 0.15) is 0 Å². The third-order valence-corrected chi connectivity index (χ3v) is 9.52. The molecule has 0 spiro atoms. The van der Waals surface area contributed by atoms with Crippen molar-refractivity contribution in [2.75, 3.05) is 13.1 Å². The molecule has 100 valence electrons. The predicted molar refractivity (Wildman–Crippen MR) is 75.9 cm³/mol. The van der Waals surface area contributed by atoms with E-state index >= 15 is 0 Å². The van der Waals surface area contributed by atoms with E-state index in [1.54, 1.807) is 0 Å². The highest BCUT2D eigenvalue weighted by Gasteiger charge is 2.43. The SMILES string of the molecule is CC(C)(C)[Si](C)(C)OC1CN(C2CCCC2)C1. The normalized spacial score (nSPS) is 25.2. The van der Waals surface area contributed by atoms with Crippen molar-refractivity contribution in [2.45, 2.75) is 76.7 Å². The Labute approximate surface area is 108 Å². The molecule has 0 aromatic rings. The van der Waals surface area contributed by atoms with Gasteiger partial charge in [-0.1, -0.05) is 33.6 Å². The molecule has 0 atom stereocenters. The molecule has 0 radical (unpaired) electrons. The van der Waals surface area contributed by atoms with Crippen molar-refractivity contribution < 1.29 is 4.43 Å². The summed E-state index contributed by atoms with van der Waals surface area (Å²) in [6.45, 7) is 14.1. The Morgan fingerprint density at radius 1 is 1.06 bits per heavy atom. The van der Waals surface area contributed by atoms with Gasteiger partial charge in [-0.2, -0.15) is 0 Å². The van der Waals surface area contributed by atoms with Crippen LogP contribution in [0.4, 0.5) is 0 Å². The molecule has 0 unspecified atom stereocenters. The van der Waals surface area contributed by atoms with E-state index in [1.165, 1.54) is 38.8 Å². The summed E-state index contributed by atoms with van der Waals surface area (Å²) in [6, 6.07) is 0.884. The maximum atomic E-state index is 6.43. The highest BCUT2D eigenvalue weighted by molar-refractivity contribution is 6.74. The zero-order chi connectivity index (χ0) is 12.7.